The van der Waals surface area contributed by atoms with Gasteiger partial charge in [0.25, 0.3) is 0 Å². The largest absolute Gasteiger partial charge is 0.497 e. The van der Waals surface area contributed by atoms with Crippen LogP contribution in [0.1, 0.15) is 46.6 Å². The second-order valence-corrected chi connectivity index (χ2v) is 8.24. The lowest BCUT2D eigenvalue weighted by Gasteiger charge is -2.35. The fourth-order valence-corrected chi connectivity index (χ4v) is 4.58. The number of amides is 1. The number of anilines is 1. The van der Waals surface area contributed by atoms with Gasteiger partial charge in [-0.3, -0.25) is 4.79 Å². The number of Topliss-reactive ketones (excluding diaryl/α,β-unsaturated/α-hetero) is 1. The van der Waals surface area contributed by atoms with E-state index in [0.29, 0.717) is 74.3 Å². The second-order valence-electron chi connectivity index (χ2n) is 8.24. The molecule has 1 aromatic heterocycles. The van der Waals surface area contributed by atoms with Gasteiger partial charge in [0, 0.05) is 44.6 Å². The van der Waals surface area contributed by atoms with E-state index in [1.165, 1.54) is 0 Å². The Kier molecular flexibility index (Phi) is 6.67. The van der Waals surface area contributed by atoms with E-state index in [1.807, 2.05) is 25.1 Å². The monoisotopic (exact) mass is 454 g/mol. The highest BCUT2D eigenvalue weighted by atomic mass is 16.6. The molecule has 1 atom stereocenters. The lowest BCUT2D eigenvalue weighted by Crippen LogP contribution is -2.49. The zero-order valence-electron chi connectivity index (χ0n) is 19.6. The first-order valence-corrected chi connectivity index (χ1v) is 11.2. The quantitative estimate of drug-likeness (QED) is 0.681. The molecular weight excluding hydrogens is 424 g/mol. The number of nitrogens with zero attached hydrogens (tertiary/aromatic N) is 4. The third kappa shape index (κ3) is 4.58. The molecule has 1 aromatic carbocycles. The number of methoxy groups -OCH3 is 2. The van der Waals surface area contributed by atoms with Crippen LogP contribution in [0.4, 0.5) is 10.7 Å². The van der Waals surface area contributed by atoms with Gasteiger partial charge in [-0.2, -0.15) is 0 Å². The number of aromatic nitrogens is 2. The van der Waals surface area contributed by atoms with E-state index in [-0.39, 0.29) is 17.8 Å². The number of piperazine rings is 1. The minimum Gasteiger partial charge on any atom is -0.497 e. The molecule has 0 unspecified atom stereocenters. The summed E-state index contributed by atoms with van der Waals surface area (Å²) in [5.41, 5.74) is 3.07. The van der Waals surface area contributed by atoms with Crippen molar-refractivity contribution in [2.75, 3.05) is 51.9 Å². The summed E-state index contributed by atoms with van der Waals surface area (Å²) in [5.74, 6) is 2.03. The van der Waals surface area contributed by atoms with Crippen LogP contribution in [0.15, 0.2) is 18.2 Å². The van der Waals surface area contributed by atoms with Crippen LogP contribution in [0.3, 0.4) is 0 Å². The second kappa shape index (κ2) is 9.64. The number of carbonyl (C=O) groups excluding carboxylic acids is 2. The number of hydrogen-bond donors (Lipinski definition) is 0. The van der Waals surface area contributed by atoms with Gasteiger partial charge < -0.3 is 24.0 Å². The van der Waals surface area contributed by atoms with E-state index in [1.54, 1.807) is 26.0 Å². The lowest BCUT2D eigenvalue weighted by molar-refractivity contribution is 0.0960. The Bertz CT molecular complexity index is 1050. The van der Waals surface area contributed by atoms with Gasteiger partial charge >= 0.3 is 6.09 Å². The van der Waals surface area contributed by atoms with Gasteiger partial charge in [-0.25, -0.2) is 14.8 Å². The summed E-state index contributed by atoms with van der Waals surface area (Å²) < 4.78 is 16.0. The van der Waals surface area contributed by atoms with Gasteiger partial charge in [0.15, 0.2) is 5.78 Å². The molecule has 1 aliphatic heterocycles. The van der Waals surface area contributed by atoms with Crippen LogP contribution in [0.25, 0.3) is 0 Å². The van der Waals surface area contributed by atoms with Crippen molar-refractivity contribution in [3.05, 3.63) is 40.7 Å². The summed E-state index contributed by atoms with van der Waals surface area (Å²) >= 11 is 0. The van der Waals surface area contributed by atoms with Gasteiger partial charge in [-0.05, 0) is 31.9 Å². The highest BCUT2D eigenvalue weighted by Gasteiger charge is 2.32. The van der Waals surface area contributed by atoms with Gasteiger partial charge in [-0.15, -0.1) is 0 Å². The summed E-state index contributed by atoms with van der Waals surface area (Å²) in [4.78, 5) is 38.3. The van der Waals surface area contributed by atoms with Crippen molar-refractivity contribution in [2.45, 2.75) is 32.6 Å². The number of ketones is 1. The SMILES string of the molecule is CCOC(=O)N1CCN(c2nc(C)c3c(n2)C[C@@H](c2ccc(OC)cc2OC)CC3=O)CC1. The van der Waals surface area contributed by atoms with Crippen LogP contribution in [0.2, 0.25) is 0 Å². The first-order chi connectivity index (χ1) is 15.9. The van der Waals surface area contributed by atoms with Crippen molar-refractivity contribution in [3.8, 4) is 11.5 Å². The third-order valence-electron chi connectivity index (χ3n) is 6.27. The Morgan fingerprint density at radius 1 is 1.09 bits per heavy atom. The molecule has 176 valence electrons. The van der Waals surface area contributed by atoms with E-state index in [2.05, 4.69) is 9.88 Å². The van der Waals surface area contributed by atoms with Gasteiger partial charge in [0.05, 0.1) is 37.8 Å². The number of benzene rings is 1. The van der Waals surface area contributed by atoms with Crippen molar-refractivity contribution in [3.63, 3.8) is 0 Å². The van der Waals surface area contributed by atoms with Crippen molar-refractivity contribution < 1.29 is 23.8 Å². The number of hydrogen-bond acceptors (Lipinski definition) is 8. The van der Waals surface area contributed by atoms with Crippen LogP contribution in [-0.2, 0) is 11.2 Å². The summed E-state index contributed by atoms with van der Waals surface area (Å²) in [6, 6.07) is 5.69. The van der Waals surface area contributed by atoms with E-state index in [0.717, 1.165) is 11.3 Å². The topological polar surface area (TPSA) is 94.1 Å². The lowest BCUT2D eigenvalue weighted by atomic mass is 9.81. The number of rotatable bonds is 5. The zero-order chi connectivity index (χ0) is 23.5. The summed E-state index contributed by atoms with van der Waals surface area (Å²) in [5, 5.41) is 0. The van der Waals surface area contributed by atoms with E-state index < -0.39 is 0 Å². The highest BCUT2D eigenvalue weighted by Crippen LogP contribution is 2.39. The molecule has 0 saturated carbocycles. The zero-order valence-corrected chi connectivity index (χ0v) is 19.6. The molecule has 0 bridgehead atoms. The Balaban J connectivity index is 1.57. The predicted molar refractivity (Wildman–Crippen MR) is 123 cm³/mol. The van der Waals surface area contributed by atoms with Crippen LogP contribution >= 0.6 is 0 Å². The number of fused-ring (bicyclic) bond motifs is 1. The molecule has 4 rings (SSSR count). The minimum atomic E-state index is -0.290. The average Bonchev–Trinajstić information content (AvgIpc) is 2.83. The van der Waals surface area contributed by atoms with Gasteiger partial charge in [0.1, 0.15) is 11.5 Å². The summed E-state index contributed by atoms with van der Waals surface area (Å²) in [6.07, 6.45) is 0.724. The first kappa shape index (κ1) is 22.8. The molecule has 9 heteroatoms. The van der Waals surface area contributed by atoms with Gasteiger partial charge in [0.2, 0.25) is 5.95 Å². The maximum Gasteiger partial charge on any atom is 0.409 e. The molecular formula is C24H30N4O5. The molecule has 1 saturated heterocycles. The van der Waals surface area contributed by atoms with Crippen molar-refractivity contribution >= 4 is 17.8 Å². The number of ether oxygens (including phenoxy) is 3. The van der Waals surface area contributed by atoms with Crippen LogP contribution in [0, 0.1) is 6.92 Å². The molecule has 0 N–H and O–H groups in total. The Hall–Kier alpha value is -3.36. The van der Waals surface area contributed by atoms with Crippen molar-refractivity contribution in [1.29, 1.82) is 0 Å². The number of carbonyl (C=O) groups is 2. The summed E-state index contributed by atoms with van der Waals surface area (Å²) in [6.45, 7) is 6.34. The number of aryl methyl sites for hydroxylation is 1. The van der Waals surface area contributed by atoms with E-state index in [9.17, 15) is 9.59 Å². The Labute approximate surface area is 193 Å². The fraction of sp³-hybridized carbons (Fsp3) is 0.500. The Morgan fingerprint density at radius 2 is 1.85 bits per heavy atom. The summed E-state index contributed by atoms with van der Waals surface area (Å²) in [7, 11) is 3.24. The smallest absolute Gasteiger partial charge is 0.409 e. The average molecular weight is 455 g/mol. The molecule has 1 fully saturated rings. The molecule has 9 nitrogen and oxygen atoms in total. The van der Waals surface area contributed by atoms with Crippen LogP contribution in [0.5, 0.6) is 11.5 Å². The maximum absolute atomic E-state index is 13.1. The minimum absolute atomic E-state index is 0.0336. The van der Waals surface area contributed by atoms with Crippen molar-refractivity contribution in [2.24, 2.45) is 0 Å². The van der Waals surface area contributed by atoms with E-state index >= 15 is 0 Å². The third-order valence-corrected chi connectivity index (χ3v) is 6.27. The molecule has 33 heavy (non-hydrogen) atoms. The van der Waals surface area contributed by atoms with E-state index in [4.69, 9.17) is 19.2 Å². The first-order valence-electron chi connectivity index (χ1n) is 11.2. The molecule has 2 aromatic rings. The van der Waals surface area contributed by atoms with Gasteiger partial charge in [-0.1, -0.05) is 6.07 Å². The standard InChI is InChI=1S/C24H30N4O5/c1-5-33-24(30)28-10-8-27(9-11-28)23-25-15(2)22-19(26-23)12-16(13-20(22)29)18-7-6-17(31-3)14-21(18)32-4/h6-7,14,16H,5,8-13H2,1-4H3/t16-/m1/s1. The van der Waals surface area contributed by atoms with Crippen LogP contribution < -0.4 is 14.4 Å². The maximum atomic E-state index is 13.1. The fourth-order valence-electron chi connectivity index (χ4n) is 4.58. The molecule has 1 amide bonds. The molecule has 2 heterocycles. The molecule has 1 aliphatic carbocycles. The Morgan fingerprint density at radius 3 is 2.52 bits per heavy atom. The molecule has 0 radical (unpaired) electrons. The highest BCUT2D eigenvalue weighted by molar-refractivity contribution is 5.99. The van der Waals surface area contributed by atoms with Crippen molar-refractivity contribution in [1.82, 2.24) is 14.9 Å². The normalized spacial score (nSPS) is 18.1. The molecule has 2 aliphatic rings. The predicted octanol–water partition coefficient (Wildman–Crippen LogP) is 2.99. The van der Waals surface area contributed by atoms with Crippen LogP contribution in [-0.4, -0.2) is 73.7 Å². The molecule has 0 spiro atoms.